The average molecular weight is 423 g/mol. The topological polar surface area (TPSA) is 90.0 Å². The third-order valence-corrected chi connectivity index (χ3v) is 5.70. The van der Waals surface area contributed by atoms with Crippen LogP contribution in [-0.4, -0.2) is 48.8 Å². The number of fused-ring (bicyclic) bond motifs is 1. The Kier molecular flexibility index (Phi) is 5.38. The normalized spacial score (nSPS) is 16.9. The van der Waals surface area contributed by atoms with Crippen molar-refractivity contribution in [2.75, 3.05) is 32.8 Å². The molecule has 5 rings (SSSR count). The number of aromatic nitrogens is 1. The van der Waals surface area contributed by atoms with E-state index in [1.54, 1.807) is 6.07 Å². The monoisotopic (exact) mass is 423 g/mol. The van der Waals surface area contributed by atoms with Crippen LogP contribution in [-0.2, 0) is 0 Å². The SMILES string of the molecule is Cc1ccc([C@H](CNC(=O)c2cc(-c3ccc4c(c3)OCCO4)on2)N2CCCC2)o1. The molecule has 0 bridgehead atoms. The van der Waals surface area contributed by atoms with Gasteiger partial charge in [-0.25, -0.2) is 0 Å². The van der Waals surface area contributed by atoms with Crippen molar-refractivity contribution in [2.24, 2.45) is 0 Å². The van der Waals surface area contributed by atoms with Gasteiger partial charge in [-0.2, -0.15) is 0 Å². The Morgan fingerprint density at radius 2 is 1.90 bits per heavy atom. The second-order valence-corrected chi connectivity index (χ2v) is 7.85. The quantitative estimate of drug-likeness (QED) is 0.648. The number of amides is 1. The summed E-state index contributed by atoms with van der Waals surface area (Å²) < 4.78 is 22.4. The van der Waals surface area contributed by atoms with Gasteiger partial charge >= 0.3 is 0 Å². The molecule has 1 aromatic carbocycles. The Balaban J connectivity index is 1.28. The third-order valence-electron chi connectivity index (χ3n) is 5.70. The minimum Gasteiger partial charge on any atom is -0.486 e. The Morgan fingerprint density at radius 3 is 2.68 bits per heavy atom. The summed E-state index contributed by atoms with van der Waals surface area (Å²) in [6.45, 7) is 5.41. The molecule has 8 nitrogen and oxygen atoms in total. The molecule has 2 aliphatic rings. The van der Waals surface area contributed by atoms with Crippen LogP contribution in [0.4, 0.5) is 0 Å². The maximum absolute atomic E-state index is 12.8. The molecule has 1 saturated heterocycles. The lowest BCUT2D eigenvalue weighted by molar-refractivity contribution is 0.0924. The lowest BCUT2D eigenvalue weighted by Gasteiger charge is -2.25. The van der Waals surface area contributed by atoms with E-state index in [1.165, 1.54) is 0 Å². The van der Waals surface area contributed by atoms with Crippen molar-refractivity contribution in [1.29, 1.82) is 0 Å². The second kappa shape index (κ2) is 8.47. The van der Waals surface area contributed by atoms with Gasteiger partial charge in [-0.1, -0.05) is 5.16 Å². The standard InChI is InChI=1S/C23H25N3O5/c1-15-4-6-19(30-15)18(26-8-2-3-9-26)14-24-23(27)17-13-21(31-25-17)16-5-7-20-22(12-16)29-11-10-28-20/h4-7,12-13,18H,2-3,8-11,14H2,1H3,(H,24,27)/t18-/m0/s1. The molecule has 4 heterocycles. The summed E-state index contributed by atoms with van der Waals surface area (Å²) >= 11 is 0. The minimum atomic E-state index is -0.278. The molecule has 1 fully saturated rings. The molecule has 2 aromatic heterocycles. The minimum absolute atomic E-state index is 0.00400. The molecule has 0 aliphatic carbocycles. The molecule has 162 valence electrons. The van der Waals surface area contributed by atoms with Crippen molar-refractivity contribution >= 4 is 5.91 Å². The number of hydrogen-bond acceptors (Lipinski definition) is 7. The number of nitrogens with zero attached hydrogens (tertiary/aromatic N) is 2. The van der Waals surface area contributed by atoms with Gasteiger partial charge in [-0.05, 0) is 63.2 Å². The number of rotatable bonds is 6. The zero-order chi connectivity index (χ0) is 21.2. The van der Waals surface area contributed by atoms with Crippen LogP contribution in [0.3, 0.4) is 0 Å². The number of nitrogens with one attached hydrogen (secondary N) is 1. The van der Waals surface area contributed by atoms with E-state index in [4.69, 9.17) is 18.4 Å². The summed E-state index contributed by atoms with van der Waals surface area (Å²) in [6.07, 6.45) is 2.32. The van der Waals surface area contributed by atoms with Gasteiger partial charge in [0.1, 0.15) is 24.7 Å². The second-order valence-electron chi connectivity index (χ2n) is 7.85. The Labute approximate surface area is 180 Å². The molecule has 1 amide bonds. The van der Waals surface area contributed by atoms with E-state index in [0.717, 1.165) is 43.0 Å². The van der Waals surface area contributed by atoms with E-state index >= 15 is 0 Å². The fourth-order valence-corrected chi connectivity index (χ4v) is 4.09. The number of benzene rings is 1. The predicted molar refractivity (Wildman–Crippen MR) is 112 cm³/mol. The fourth-order valence-electron chi connectivity index (χ4n) is 4.09. The molecule has 0 spiro atoms. The summed E-state index contributed by atoms with van der Waals surface area (Å²) in [4.78, 5) is 15.1. The molecule has 0 radical (unpaired) electrons. The number of aryl methyl sites for hydroxylation is 1. The lowest BCUT2D eigenvalue weighted by Crippen LogP contribution is -2.36. The van der Waals surface area contributed by atoms with Crippen molar-refractivity contribution in [3.63, 3.8) is 0 Å². The zero-order valence-electron chi connectivity index (χ0n) is 17.4. The highest BCUT2D eigenvalue weighted by Crippen LogP contribution is 2.34. The first kappa shape index (κ1) is 19.7. The van der Waals surface area contributed by atoms with Gasteiger partial charge in [-0.3, -0.25) is 9.69 Å². The molecule has 0 saturated carbocycles. The molecular formula is C23H25N3O5. The fraction of sp³-hybridized carbons (Fsp3) is 0.391. The maximum atomic E-state index is 12.8. The highest BCUT2D eigenvalue weighted by atomic mass is 16.6. The van der Waals surface area contributed by atoms with E-state index in [-0.39, 0.29) is 17.6 Å². The van der Waals surface area contributed by atoms with E-state index in [2.05, 4.69) is 15.4 Å². The van der Waals surface area contributed by atoms with Gasteiger partial charge in [-0.15, -0.1) is 0 Å². The van der Waals surface area contributed by atoms with Crippen LogP contribution in [0.5, 0.6) is 11.5 Å². The number of likely N-dealkylation sites (tertiary alicyclic amines) is 1. The maximum Gasteiger partial charge on any atom is 0.273 e. The molecular weight excluding hydrogens is 398 g/mol. The van der Waals surface area contributed by atoms with Crippen LogP contribution < -0.4 is 14.8 Å². The van der Waals surface area contributed by atoms with Crippen LogP contribution in [0.25, 0.3) is 11.3 Å². The largest absolute Gasteiger partial charge is 0.486 e. The van der Waals surface area contributed by atoms with Crippen LogP contribution in [0.1, 0.15) is 40.9 Å². The summed E-state index contributed by atoms with van der Waals surface area (Å²) in [5.41, 5.74) is 1.01. The number of furan rings is 1. The van der Waals surface area contributed by atoms with E-state index in [0.29, 0.717) is 37.0 Å². The summed E-state index contributed by atoms with van der Waals surface area (Å²) in [5, 5.41) is 6.95. The molecule has 1 atom stereocenters. The smallest absolute Gasteiger partial charge is 0.273 e. The molecule has 0 unspecified atom stereocenters. The van der Waals surface area contributed by atoms with Crippen molar-refractivity contribution < 1.29 is 23.2 Å². The van der Waals surface area contributed by atoms with Crippen LogP contribution in [0.2, 0.25) is 0 Å². The highest BCUT2D eigenvalue weighted by Gasteiger charge is 2.27. The number of ether oxygens (including phenoxy) is 2. The van der Waals surface area contributed by atoms with E-state index < -0.39 is 0 Å². The molecule has 3 aromatic rings. The van der Waals surface area contributed by atoms with E-state index in [9.17, 15) is 4.79 Å². The van der Waals surface area contributed by atoms with Crippen molar-refractivity contribution in [2.45, 2.75) is 25.8 Å². The van der Waals surface area contributed by atoms with Crippen LogP contribution in [0, 0.1) is 6.92 Å². The third kappa shape index (κ3) is 4.16. The summed E-state index contributed by atoms with van der Waals surface area (Å²) in [5.74, 6) is 3.32. The van der Waals surface area contributed by atoms with Gasteiger partial charge in [0.2, 0.25) is 0 Å². The Morgan fingerprint density at radius 1 is 1.10 bits per heavy atom. The van der Waals surface area contributed by atoms with Crippen molar-refractivity contribution in [1.82, 2.24) is 15.4 Å². The van der Waals surface area contributed by atoms with Crippen molar-refractivity contribution in [3.05, 3.63) is 53.6 Å². The van der Waals surface area contributed by atoms with Crippen LogP contribution >= 0.6 is 0 Å². The highest BCUT2D eigenvalue weighted by molar-refractivity contribution is 5.93. The van der Waals surface area contributed by atoms with Crippen molar-refractivity contribution in [3.8, 4) is 22.8 Å². The molecule has 31 heavy (non-hydrogen) atoms. The van der Waals surface area contributed by atoms with Gasteiger partial charge < -0.3 is 23.7 Å². The zero-order valence-corrected chi connectivity index (χ0v) is 17.4. The Hall–Kier alpha value is -3.26. The predicted octanol–water partition coefficient (Wildman–Crippen LogP) is 3.58. The average Bonchev–Trinajstić information content (AvgIpc) is 3.56. The number of carbonyl (C=O) groups is 1. The lowest BCUT2D eigenvalue weighted by atomic mass is 10.1. The molecule has 8 heteroatoms. The first-order valence-electron chi connectivity index (χ1n) is 10.6. The first-order chi connectivity index (χ1) is 15.2. The summed E-state index contributed by atoms with van der Waals surface area (Å²) in [6, 6.07) is 11.1. The van der Waals surface area contributed by atoms with E-state index in [1.807, 2.05) is 37.3 Å². The van der Waals surface area contributed by atoms with Gasteiger partial charge in [0.25, 0.3) is 5.91 Å². The number of hydrogen-bond donors (Lipinski definition) is 1. The van der Waals surface area contributed by atoms with Gasteiger partial charge in [0.05, 0.1) is 6.04 Å². The van der Waals surface area contributed by atoms with Crippen LogP contribution in [0.15, 0.2) is 45.3 Å². The van der Waals surface area contributed by atoms with Gasteiger partial charge in [0, 0.05) is 18.2 Å². The summed E-state index contributed by atoms with van der Waals surface area (Å²) in [7, 11) is 0. The molecule has 2 aliphatic heterocycles. The first-order valence-corrected chi connectivity index (χ1v) is 10.6. The number of carbonyl (C=O) groups excluding carboxylic acids is 1. The molecule has 1 N–H and O–H groups in total. The van der Waals surface area contributed by atoms with Gasteiger partial charge in [0.15, 0.2) is 23.0 Å². The Bertz CT molecular complexity index is 1070.